The van der Waals surface area contributed by atoms with Crippen molar-refractivity contribution in [3.63, 3.8) is 0 Å². The Balaban J connectivity index is 1.79. The van der Waals surface area contributed by atoms with Gasteiger partial charge in [0.2, 0.25) is 0 Å². The van der Waals surface area contributed by atoms with Crippen LogP contribution < -0.4 is 5.32 Å². The van der Waals surface area contributed by atoms with Crippen molar-refractivity contribution in [2.45, 2.75) is 18.4 Å². The Morgan fingerprint density at radius 1 is 1.12 bits per heavy atom. The molecule has 2 aromatic rings. The monoisotopic (exact) mass is 359 g/mol. The molecule has 2 N–H and O–H groups in total. The molecule has 3 nitrogen and oxygen atoms in total. The maximum Gasteiger partial charge on any atom is 0.335 e. The molecule has 122 valence electrons. The van der Waals surface area contributed by atoms with Crippen LogP contribution in [0.5, 0.6) is 0 Å². The van der Waals surface area contributed by atoms with E-state index in [1.807, 2.05) is 18.2 Å². The maximum absolute atomic E-state index is 11.3. The Bertz CT molecular complexity index is 862. The fourth-order valence-corrected chi connectivity index (χ4v) is 4.32. The van der Waals surface area contributed by atoms with Gasteiger partial charge < -0.3 is 10.4 Å². The number of aromatic carboxylic acids is 1. The van der Waals surface area contributed by atoms with Crippen molar-refractivity contribution < 1.29 is 9.90 Å². The van der Waals surface area contributed by atoms with E-state index in [-0.39, 0.29) is 12.0 Å². The minimum absolute atomic E-state index is 0.0675. The summed E-state index contributed by atoms with van der Waals surface area (Å²) in [6.45, 7) is 0. The Hall–Kier alpha value is -1.97. The quantitative estimate of drug-likeness (QED) is 0.694. The molecule has 0 fully saturated rings. The van der Waals surface area contributed by atoms with E-state index in [4.69, 9.17) is 23.2 Å². The second-order valence-electron chi connectivity index (χ2n) is 6.25. The van der Waals surface area contributed by atoms with Crippen LogP contribution in [0, 0.1) is 5.92 Å². The van der Waals surface area contributed by atoms with E-state index in [1.165, 1.54) is 0 Å². The number of hydrogen-bond acceptors (Lipinski definition) is 2. The molecule has 1 aliphatic heterocycles. The Labute approximate surface area is 149 Å². The van der Waals surface area contributed by atoms with Gasteiger partial charge in [0.05, 0.1) is 11.6 Å². The summed E-state index contributed by atoms with van der Waals surface area (Å²) in [5, 5.41) is 14.1. The summed E-state index contributed by atoms with van der Waals surface area (Å²) < 4.78 is 0. The number of benzene rings is 2. The number of anilines is 1. The van der Waals surface area contributed by atoms with Crippen LogP contribution in [0.1, 0.15) is 39.9 Å². The lowest BCUT2D eigenvalue weighted by Gasteiger charge is -2.38. The molecule has 0 bridgehead atoms. The van der Waals surface area contributed by atoms with Gasteiger partial charge in [-0.15, -0.1) is 0 Å². The summed E-state index contributed by atoms with van der Waals surface area (Å²) in [7, 11) is 0. The second-order valence-corrected chi connectivity index (χ2v) is 7.09. The van der Waals surface area contributed by atoms with Crippen LogP contribution in [0.15, 0.2) is 48.6 Å². The van der Waals surface area contributed by atoms with Crippen molar-refractivity contribution >= 4 is 34.9 Å². The molecule has 2 aliphatic rings. The predicted molar refractivity (Wildman–Crippen MR) is 96.2 cm³/mol. The fraction of sp³-hybridized carbons (Fsp3) is 0.211. The van der Waals surface area contributed by atoms with Gasteiger partial charge in [0.15, 0.2) is 0 Å². The van der Waals surface area contributed by atoms with Gasteiger partial charge in [-0.1, -0.05) is 41.4 Å². The molecule has 2 aromatic carbocycles. The van der Waals surface area contributed by atoms with Crippen LogP contribution in [0.4, 0.5) is 5.69 Å². The lowest BCUT2D eigenvalue weighted by atomic mass is 9.76. The van der Waals surface area contributed by atoms with E-state index in [0.717, 1.165) is 23.2 Å². The van der Waals surface area contributed by atoms with Crippen molar-refractivity contribution in [2.24, 2.45) is 5.92 Å². The van der Waals surface area contributed by atoms with Gasteiger partial charge in [-0.2, -0.15) is 0 Å². The highest BCUT2D eigenvalue weighted by Gasteiger charge is 2.38. The molecule has 0 amide bonds. The number of hydrogen-bond donors (Lipinski definition) is 2. The van der Waals surface area contributed by atoms with Crippen LogP contribution in [-0.2, 0) is 0 Å². The van der Waals surface area contributed by atoms with Crippen molar-refractivity contribution in [1.29, 1.82) is 0 Å². The summed E-state index contributed by atoms with van der Waals surface area (Å²) in [5.41, 5.74) is 3.34. The number of nitrogens with one attached hydrogen (secondary N) is 1. The highest BCUT2D eigenvalue weighted by atomic mass is 35.5. The largest absolute Gasteiger partial charge is 0.478 e. The van der Waals surface area contributed by atoms with Gasteiger partial charge >= 0.3 is 5.97 Å². The Morgan fingerprint density at radius 3 is 2.71 bits per heavy atom. The van der Waals surface area contributed by atoms with Crippen LogP contribution >= 0.6 is 23.2 Å². The molecule has 0 saturated heterocycles. The lowest BCUT2D eigenvalue weighted by molar-refractivity contribution is 0.0696. The third-order valence-electron chi connectivity index (χ3n) is 4.91. The van der Waals surface area contributed by atoms with Crippen molar-refractivity contribution in [2.75, 3.05) is 5.32 Å². The molecule has 1 aliphatic carbocycles. The van der Waals surface area contributed by atoms with Gasteiger partial charge in [-0.25, -0.2) is 4.79 Å². The third-order valence-corrected chi connectivity index (χ3v) is 5.47. The van der Waals surface area contributed by atoms with Crippen molar-refractivity contribution in [3.05, 3.63) is 75.3 Å². The molecule has 0 unspecified atom stereocenters. The third kappa shape index (κ3) is 2.48. The molecule has 4 rings (SSSR count). The van der Waals surface area contributed by atoms with Gasteiger partial charge in [-0.05, 0) is 53.8 Å². The molecule has 1 heterocycles. The second kappa shape index (κ2) is 5.83. The molecule has 0 saturated carbocycles. The van der Waals surface area contributed by atoms with Gasteiger partial charge in [0.25, 0.3) is 0 Å². The summed E-state index contributed by atoms with van der Waals surface area (Å²) in [6.07, 6.45) is 5.27. The van der Waals surface area contributed by atoms with E-state index in [0.29, 0.717) is 21.5 Å². The minimum Gasteiger partial charge on any atom is -0.478 e. The van der Waals surface area contributed by atoms with E-state index in [2.05, 4.69) is 17.5 Å². The van der Waals surface area contributed by atoms with Crippen LogP contribution in [0.2, 0.25) is 10.0 Å². The predicted octanol–water partition coefficient (Wildman–Crippen LogP) is 5.52. The lowest BCUT2D eigenvalue weighted by Crippen LogP contribution is -2.29. The molecule has 0 radical (unpaired) electrons. The van der Waals surface area contributed by atoms with E-state index >= 15 is 0 Å². The zero-order valence-electron chi connectivity index (χ0n) is 12.7. The summed E-state index contributed by atoms with van der Waals surface area (Å²) in [5.74, 6) is -0.406. The SMILES string of the molecule is O=C(O)c1ccc2c(c1)[C@H]1C=CC[C@@H]1[C@H](c1ccc(Cl)cc1Cl)N2. The zero-order valence-corrected chi connectivity index (χ0v) is 14.2. The first-order chi connectivity index (χ1) is 11.5. The highest BCUT2D eigenvalue weighted by molar-refractivity contribution is 6.35. The van der Waals surface area contributed by atoms with Crippen LogP contribution in [-0.4, -0.2) is 11.1 Å². The first-order valence-corrected chi connectivity index (χ1v) is 8.55. The standard InChI is InChI=1S/C19H15Cl2NO2/c20-11-5-6-14(16(21)9-11)18-13-3-1-2-12(13)15-8-10(19(23)24)4-7-17(15)22-18/h1-2,4-9,12-13,18,22H,3H2,(H,23,24)/t12-,13-,18+/m0/s1. The number of carbonyl (C=O) groups is 1. The minimum atomic E-state index is -0.904. The zero-order chi connectivity index (χ0) is 16.8. The number of halogens is 2. The number of fused-ring (bicyclic) bond motifs is 3. The fourth-order valence-electron chi connectivity index (χ4n) is 3.79. The number of allylic oxidation sites excluding steroid dienone is 2. The molecular weight excluding hydrogens is 345 g/mol. The molecule has 0 aromatic heterocycles. The average molecular weight is 360 g/mol. The van der Waals surface area contributed by atoms with Crippen molar-refractivity contribution in [1.82, 2.24) is 0 Å². The molecule has 24 heavy (non-hydrogen) atoms. The smallest absolute Gasteiger partial charge is 0.335 e. The van der Waals surface area contributed by atoms with Gasteiger partial charge in [-0.3, -0.25) is 0 Å². The van der Waals surface area contributed by atoms with Crippen molar-refractivity contribution in [3.8, 4) is 0 Å². The van der Waals surface area contributed by atoms with E-state index < -0.39 is 5.97 Å². The molecular formula is C19H15Cl2NO2. The summed E-state index contributed by atoms with van der Waals surface area (Å²) in [6, 6.07) is 10.9. The Kier molecular flexibility index (Phi) is 3.78. The first-order valence-electron chi connectivity index (χ1n) is 7.80. The summed E-state index contributed by atoms with van der Waals surface area (Å²) >= 11 is 12.4. The molecule has 5 heteroatoms. The molecule has 3 atom stereocenters. The average Bonchev–Trinajstić information content (AvgIpc) is 3.04. The van der Waals surface area contributed by atoms with E-state index in [1.54, 1.807) is 18.2 Å². The van der Waals surface area contributed by atoms with Crippen LogP contribution in [0.3, 0.4) is 0 Å². The normalized spacial score (nSPS) is 24.2. The number of carboxylic acid groups (broad SMARTS) is 1. The van der Waals surface area contributed by atoms with Gasteiger partial charge in [0.1, 0.15) is 0 Å². The van der Waals surface area contributed by atoms with Gasteiger partial charge in [0, 0.05) is 21.7 Å². The van der Waals surface area contributed by atoms with E-state index in [9.17, 15) is 9.90 Å². The number of carboxylic acids is 1. The maximum atomic E-state index is 11.3. The summed E-state index contributed by atoms with van der Waals surface area (Å²) in [4.78, 5) is 11.3. The molecule has 0 spiro atoms. The first kappa shape index (κ1) is 15.6. The van der Waals surface area contributed by atoms with Crippen LogP contribution in [0.25, 0.3) is 0 Å². The number of rotatable bonds is 2. The Morgan fingerprint density at radius 2 is 1.96 bits per heavy atom. The topological polar surface area (TPSA) is 49.3 Å². The highest BCUT2D eigenvalue weighted by Crippen LogP contribution is 2.51.